The summed E-state index contributed by atoms with van der Waals surface area (Å²) in [5, 5.41) is -0.782. The first kappa shape index (κ1) is 20.4. The van der Waals surface area contributed by atoms with Gasteiger partial charge in [-0.15, -0.1) is 0 Å². The zero-order valence-electron chi connectivity index (χ0n) is 13.8. The van der Waals surface area contributed by atoms with Crippen molar-refractivity contribution in [1.29, 1.82) is 0 Å². The maximum atomic E-state index is 14.0. The van der Waals surface area contributed by atoms with Crippen molar-refractivity contribution < 1.29 is 26.0 Å². The number of hydrogen-bond acceptors (Lipinski definition) is 5. The molecule has 24 heavy (non-hydrogen) atoms. The number of amides is 1. The van der Waals surface area contributed by atoms with E-state index >= 15 is 0 Å². The molecule has 0 aliphatic heterocycles. The standard InChI is InChI=1S/C14H21FN2O5S2/c1-5-10(4)14(18)17-24(21,22)11-6-7-13(12(15)8-11)16-23(19,20)9(2)3/h6-10,16H,5H2,1-4H3,(H,17,18)/t10-/m0/s1. The first-order valence-electron chi connectivity index (χ1n) is 7.28. The third-order valence-corrected chi connectivity index (χ3v) is 6.51. The molecule has 2 N–H and O–H groups in total. The molecule has 136 valence electrons. The number of rotatable bonds is 7. The highest BCUT2D eigenvalue weighted by Gasteiger charge is 2.23. The second kappa shape index (κ2) is 7.47. The summed E-state index contributed by atoms with van der Waals surface area (Å²) in [5.41, 5.74) is -0.365. The van der Waals surface area contributed by atoms with Crippen LogP contribution in [0.1, 0.15) is 34.1 Å². The minimum atomic E-state index is -4.23. The lowest BCUT2D eigenvalue weighted by Crippen LogP contribution is -2.34. The van der Waals surface area contributed by atoms with Crippen molar-refractivity contribution in [2.24, 2.45) is 5.92 Å². The van der Waals surface area contributed by atoms with Crippen LogP contribution in [0.25, 0.3) is 0 Å². The minimum Gasteiger partial charge on any atom is -0.280 e. The summed E-state index contributed by atoms with van der Waals surface area (Å²) in [4.78, 5) is 11.2. The van der Waals surface area contributed by atoms with Gasteiger partial charge in [0.05, 0.1) is 15.8 Å². The van der Waals surface area contributed by atoms with E-state index in [0.29, 0.717) is 12.5 Å². The van der Waals surface area contributed by atoms with Gasteiger partial charge in [0, 0.05) is 5.92 Å². The molecule has 0 radical (unpaired) electrons. The Balaban J connectivity index is 3.09. The van der Waals surface area contributed by atoms with Crippen molar-refractivity contribution in [3.8, 4) is 0 Å². The van der Waals surface area contributed by atoms with E-state index in [1.54, 1.807) is 13.8 Å². The van der Waals surface area contributed by atoms with E-state index in [4.69, 9.17) is 0 Å². The van der Waals surface area contributed by atoms with Crippen molar-refractivity contribution >= 4 is 31.6 Å². The number of hydrogen-bond donors (Lipinski definition) is 2. The van der Waals surface area contributed by atoms with E-state index in [1.165, 1.54) is 13.8 Å². The van der Waals surface area contributed by atoms with Gasteiger partial charge in [0.1, 0.15) is 5.82 Å². The van der Waals surface area contributed by atoms with Gasteiger partial charge in [0.15, 0.2) is 0 Å². The lowest BCUT2D eigenvalue weighted by atomic mass is 10.1. The number of nitrogens with one attached hydrogen (secondary N) is 2. The third-order valence-electron chi connectivity index (χ3n) is 3.42. The van der Waals surface area contributed by atoms with Crippen molar-refractivity contribution in [2.45, 2.75) is 44.3 Å². The number of sulfonamides is 2. The number of anilines is 1. The molecule has 0 fully saturated rings. The quantitative estimate of drug-likeness (QED) is 0.750. The predicted octanol–water partition coefficient (Wildman–Crippen LogP) is 1.83. The highest BCUT2D eigenvalue weighted by atomic mass is 32.2. The van der Waals surface area contributed by atoms with Crippen molar-refractivity contribution in [3.63, 3.8) is 0 Å². The van der Waals surface area contributed by atoms with E-state index in [0.717, 1.165) is 12.1 Å². The third kappa shape index (κ3) is 4.91. The van der Waals surface area contributed by atoms with Crippen molar-refractivity contribution in [3.05, 3.63) is 24.0 Å². The van der Waals surface area contributed by atoms with Gasteiger partial charge < -0.3 is 0 Å². The Morgan fingerprint density at radius 2 is 1.75 bits per heavy atom. The molecule has 0 aromatic heterocycles. The number of carbonyl (C=O) groups is 1. The molecular formula is C14H21FN2O5S2. The van der Waals surface area contributed by atoms with Crippen LogP contribution in [-0.2, 0) is 24.8 Å². The second-order valence-corrected chi connectivity index (χ2v) is 9.54. The van der Waals surface area contributed by atoms with Crippen LogP contribution in [0.4, 0.5) is 10.1 Å². The molecule has 0 saturated carbocycles. The Kier molecular flexibility index (Phi) is 6.34. The molecule has 0 aliphatic rings. The van der Waals surface area contributed by atoms with Crippen molar-refractivity contribution in [1.82, 2.24) is 4.72 Å². The first-order chi connectivity index (χ1) is 10.9. The smallest absolute Gasteiger partial charge is 0.264 e. The summed E-state index contributed by atoms with van der Waals surface area (Å²) >= 11 is 0. The first-order valence-corrected chi connectivity index (χ1v) is 10.3. The molecule has 0 unspecified atom stereocenters. The van der Waals surface area contributed by atoms with Crippen LogP contribution in [0.3, 0.4) is 0 Å². The van der Waals surface area contributed by atoms with Gasteiger partial charge in [0.2, 0.25) is 15.9 Å². The van der Waals surface area contributed by atoms with Crippen LogP contribution in [0.5, 0.6) is 0 Å². The molecule has 0 heterocycles. The number of benzene rings is 1. The maximum Gasteiger partial charge on any atom is 0.264 e. The Morgan fingerprint density at radius 3 is 2.21 bits per heavy atom. The van der Waals surface area contributed by atoms with Gasteiger partial charge in [-0.25, -0.2) is 25.9 Å². The van der Waals surface area contributed by atoms with Crippen LogP contribution in [-0.4, -0.2) is 28.0 Å². The molecule has 7 nitrogen and oxygen atoms in total. The SMILES string of the molecule is CC[C@H](C)C(=O)NS(=O)(=O)c1ccc(NS(=O)(=O)C(C)C)c(F)c1. The molecule has 0 spiro atoms. The zero-order chi connectivity index (χ0) is 18.7. The Labute approximate surface area is 141 Å². The molecule has 0 bridgehead atoms. The molecule has 1 atom stereocenters. The Morgan fingerprint density at radius 1 is 1.17 bits per heavy atom. The molecular weight excluding hydrogens is 359 g/mol. The summed E-state index contributed by atoms with van der Waals surface area (Å²) < 4.78 is 65.6. The van der Waals surface area contributed by atoms with Crippen LogP contribution < -0.4 is 9.44 Å². The molecule has 1 amide bonds. The van der Waals surface area contributed by atoms with Crippen LogP contribution in [0, 0.1) is 11.7 Å². The largest absolute Gasteiger partial charge is 0.280 e. The summed E-state index contributed by atoms with van der Waals surface area (Å²) in [6.07, 6.45) is 0.450. The average molecular weight is 380 g/mol. The lowest BCUT2D eigenvalue weighted by Gasteiger charge is -2.13. The van der Waals surface area contributed by atoms with Gasteiger partial charge in [-0.2, -0.15) is 0 Å². The molecule has 1 aromatic carbocycles. The molecule has 1 aromatic rings. The normalized spacial score (nSPS) is 13.6. The van der Waals surface area contributed by atoms with Crippen LogP contribution in [0.2, 0.25) is 0 Å². The van der Waals surface area contributed by atoms with Gasteiger partial charge in [-0.05, 0) is 38.5 Å². The Bertz CT molecular complexity index is 820. The van der Waals surface area contributed by atoms with Gasteiger partial charge in [-0.1, -0.05) is 13.8 Å². The summed E-state index contributed by atoms with van der Waals surface area (Å²) in [5.74, 6) is -2.26. The monoisotopic (exact) mass is 380 g/mol. The highest BCUT2D eigenvalue weighted by Crippen LogP contribution is 2.21. The summed E-state index contributed by atoms with van der Waals surface area (Å²) in [7, 11) is -8.00. The van der Waals surface area contributed by atoms with Gasteiger partial charge in [0.25, 0.3) is 10.0 Å². The summed E-state index contributed by atoms with van der Waals surface area (Å²) in [6.45, 7) is 6.13. The van der Waals surface area contributed by atoms with Gasteiger partial charge >= 0.3 is 0 Å². The number of carbonyl (C=O) groups excluding carboxylic acids is 1. The fourth-order valence-corrected chi connectivity index (χ4v) is 3.29. The predicted molar refractivity (Wildman–Crippen MR) is 88.9 cm³/mol. The fourth-order valence-electron chi connectivity index (χ4n) is 1.49. The molecule has 1 rings (SSSR count). The van der Waals surface area contributed by atoms with Crippen molar-refractivity contribution in [2.75, 3.05) is 4.72 Å². The second-order valence-electron chi connectivity index (χ2n) is 5.62. The molecule has 10 heteroatoms. The fraction of sp³-hybridized carbons (Fsp3) is 0.500. The van der Waals surface area contributed by atoms with E-state index in [1.807, 2.05) is 9.44 Å². The lowest BCUT2D eigenvalue weighted by molar-refractivity contribution is -0.122. The summed E-state index contributed by atoms with van der Waals surface area (Å²) in [6, 6.07) is 2.68. The number of halogens is 1. The average Bonchev–Trinajstić information content (AvgIpc) is 2.47. The van der Waals surface area contributed by atoms with Crippen LogP contribution in [0.15, 0.2) is 23.1 Å². The van der Waals surface area contributed by atoms with Gasteiger partial charge in [-0.3, -0.25) is 9.52 Å². The Hall–Kier alpha value is -1.68. The van der Waals surface area contributed by atoms with E-state index in [9.17, 15) is 26.0 Å². The minimum absolute atomic E-state index is 0.365. The zero-order valence-corrected chi connectivity index (χ0v) is 15.5. The van der Waals surface area contributed by atoms with E-state index in [2.05, 4.69) is 0 Å². The molecule has 0 aliphatic carbocycles. The molecule has 0 saturated heterocycles. The van der Waals surface area contributed by atoms with Crippen LogP contribution >= 0.6 is 0 Å². The highest BCUT2D eigenvalue weighted by molar-refractivity contribution is 7.93. The topological polar surface area (TPSA) is 109 Å². The maximum absolute atomic E-state index is 14.0. The van der Waals surface area contributed by atoms with E-state index < -0.39 is 47.8 Å². The van der Waals surface area contributed by atoms with E-state index in [-0.39, 0.29) is 5.69 Å².